The molecule has 0 aromatic carbocycles. The minimum atomic E-state index is -0.431. The van der Waals surface area contributed by atoms with Gasteiger partial charge in [-0.15, -0.1) is 5.10 Å². The van der Waals surface area contributed by atoms with Gasteiger partial charge in [-0.3, -0.25) is 0 Å². The van der Waals surface area contributed by atoms with Crippen LogP contribution in [0.15, 0.2) is 6.20 Å². The standard InChI is InChI=1S/C12H22N4OS/c1-12(2,13)11-9-16(15-14-11)5-6-17-10-3-7-18-8-4-10/h9-10H,3-8,13H2,1-2H3. The second kappa shape index (κ2) is 6.04. The van der Waals surface area contributed by atoms with E-state index in [2.05, 4.69) is 10.3 Å². The molecule has 1 aromatic heterocycles. The Kier molecular flexibility index (Phi) is 4.64. The van der Waals surface area contributed by atoms with Crippen molar-refractivity contribution in [3.05, 3.63) is 11.9 Å². The lowest BCUT2D eigenvalue weighted by Crippen LogP contribution is -2.29. The van der Waals surface area contributed by atoms with Crippen molar-refractivity contribution in [2.24, 2.45) is 5.73 Å². The Hall–Kier alpha value is -0.590. The molecule has 0 radical (unpaired) electrons. The van der Waals surface area contributed by atoms with Gasteiger partial charge in [-0.05, 0) is 38.2 Å². The summed E-state index contributed by atoms with van der Waals surface area (Å²) in [6, 6.07) is 0. The molecule has 1 fully saturated rings. The first-order valence-electron chi connectivity index (χ1n) is 6.44. The molecule has 6 heteroatoms. The third-order valence-corrected chi connectivity index (χ3v) is 4.09. The van der Waals surface area contributed by atoms with Gasteiger partial charge in [0.2, 0.25) is 0 Å². The van der Waals surface area contributed by atoms with Gasteiger partial charge in [-0.2, -0.15) is 11.8 Å². The Morgan fingerprint density at radius 3 is 2.83 bits per heavy atom. The predicted molar refractivity (Wildman–Crippen MR) is 73.5 cm³/mol. The number of thioether (sulfide) groups is 1. The van der Waals surface area contributed by atoms with E-state index in [1.165, 1.54) is 24.3 Å². The highest BCUT2D eigenvalue weighted by Gasteiger charge is 2.18. The van der Waals surface area contributed by atoms with Gasteiger partial charge in [-0.1, -0.05) is 5.21 Å². The van der Waals surface area contributed by atoms with Gasteiger partial charge >= 0.3 is 0 Å². The minimum Gasteiger partial charge on any atom is -0.376 e. The van der Waals surface area contributed by atoms with E-state index in [9.17, 15) is 0 Å². The van der Waals surface area contributed by atoms with E-state index < -0.39 is 5.54 Å². The largest absolute Gasteiger partial charge is 0.376 e. The molecular weight excluding hydrogens is 248 g/mol. The summed E-state index contributed by atoms with van der Waals surface area (Å²) in [7, 11) is 0. The third kappa shape index (κ3) is 3.96. The van der Waals surface area contributed by atoms with Gasteiger partial charge in [-0.25, -0.2) is 4.68 Å². The van der Waals surface area contributed by atoms with Crippen molar-refractivity contribution in [2.45, 2.75) is 44.9 Å². The number of nitrogens with zero attached hydrogens (tertiary/aromatic N) is 3. The fraction of sp³-hybridized carbons (Fsp3) is 0.833. The van der Waals surface area contributed by atoms with E-state index in [1.54, 1.807) is 0 Å². The molecule has 2 heterocycles. The summed E-state index contributed by atoms with van der Waals surface area (Å²) in [5.41, 5.74) is 6.35. The fourth-order valence-electron chi connectivity index (χ4n) is 1.86. The van der Waals surface area contributed by atoms with E-state index in [-0.39, 0.29) is 0 Å². The first-order valence-corrected chi connectivity index (χ1v) is 7.60. The molecular formula is C12H22N4OS. The lowest BCUT2D eigenvalue weighted by atomic mass is 10.0. The zero-order valence-electron chi connectivity index (χ0n) is 11.1. The smallest absolute Gasteiger partial charge is 0.102 e. The van der Waals surface area contributed by atoms with Crippen molar-refractivity contribution >= 4 is 11.8 Å². The predicted octanol–water partition coefficient (Wildman–Crippen LogP) is 1.38. The molecule has 5 nitrogen and oxygen atoms in total. The number of nitrogens with two attached hydrogens (primary N) is 1. The van der Waals surface area contributed by atoms with Crippen LogP contribution in [-0.2, 0) is 16.8 Å². The Balaban J connectivity index is 1.74. The number of hydrogen-bond acceptors (Lipinski definition) is 5. The monoisotopic (exact) mass is 270 g/mol. The molecule has 18 heavy (non-hydrogen) atoms. The van der Waals surface area contributed by atoms with Crippen LogP contribution in [0, 0.1) is 0 Å². The van der Waals surface area contributed by atoms with Crippen LogP contribution in [-0.4, -0.2) is 39.2 Å². The van der Waals surface area contributed by atoms with Crippen LogP contribution < -0.4 is 5.73 Å². The molecule has 1 aliphatic rings. The van der Waals surface area contributed by atoms with Crippen molar-refractivity contribution in [3.63, 3.8) is 0 Å². The number of hydrogen-bond donors (Lipinski definition) is 1. The molecule has 2 N–H and O–H groups in total. The van der Waals surface area contributed by atoms with Gasteiger partial charge in [0.05, 0.1) is 31.0 Å². The number of rotatable bonds is 5. The van der Waals surface area contributed by atoms with Crippen LogP contribution in [0.4, 0.5) is 0 Å². The van der Waals surface area contributed by atoms with Gasteiger partial charge in [0, 0.05) is 0 Å². The van der Waals surface area contributed by atoms with E-state index >= 15 is 0 Å². The quantitative estimate of drug-likeness (QED) is 0.875. The highest BCUT2D eigenvalue weighted by molar-refractivity contribution is 7.99. The van der Waals surface area contributed by atoms with Gasteiger partial charge in [0.25, 0.3) is 0 Å². The molecule has 102 valence electrons. The molecule has 2 rings (SSSR count). The number of aromatic nitrogens is 3. The maximum absolute atomic E-state index is 5.97. The highest BCUT2D eigenvalue weighted by Crippen LogP contribution is 2.19. The van der Waals surface area contributed by atoms with Crippen LogP contribution in [0.25, 0.3) is 0 Å². The maximum atomic E-state index is 5.97. The van der Waals surface area contributed by atoms with Crippen LogP contribution in [0.5, 0.6) is 0 Å². The number of ether oxygens (including phenoxy) is 1. The van der Waals surface area contributed by atoms with Crippen molar-refractivity contribution in [2.75, 3.05) is 18.1 Å². The van der Waals surface area contributed by atoms with E-state index in [0.29, 0.717) is 12.7 Å². The Labute approximate surface area is 112 Å². The Morgan fingerprint density at radius 1 is 1.50 bits per heavy atom. The maximum Gasteiger partial charge on any atom is 0.102 e. The van der Waals surface area contributed by atoms with E-state index in [1.807, 2.05) is 36.5 Å². The van der Waals surface area contributed by atoms with Crippen molar-refractivity contribution < 1.29 is 4.74 Å². The van der Waals surface area contributed by atoms with E-state index in [0.717, 1.165) is 12.2 Å². The van der Waals surface area contributed by atoms with Crippen LogP contribution in [0.3, 0.4) is 0 Å². The molecule has 1 aliphatic heterocycles. The summed E-state index contributed by atoms with van der Waals surface area (Å²) in [5.74, 6) is 2.44. The summed E-state index contributed by atoms with van der Waals surface area (Å²) in [4.78, 5) is 0. The first-order chi connectivity index (χ1) is 8.55. The molecule has 0 aliphatic carbocycles. The van der Waals surface area contributed by atoms with Crippen LogP contribution in [0.1, 0.15) is 32.4 Å². The average Bonchev–Trinajstić information content (AvgIpc) is 2.79. The van der Waals surface area contributed by atoms with Gasteiger partial charge < -0.3 is 10.5 Å². The molecule has 0 amide bonds. The van der Waals surface area contributed by atoms with Crippen molar-refractivity contribution in [3.8, 4) is 0 Å². The Bertz CT molecular complexity index is 368. The molecule has 0 unspecified atom stereocenters. The van der Waals surface area contributed by atoms with Gasteiger partial charge in [0.1, 0.15) is 5.69 Å². The fourth-order valence-corrected chi connectivity index (χ4v) is 2.92. The summed E-state index contributed by atoms with van der Waals surface area (Å²) in [5, 5.41) is 8.15. The second-order valence-corrected chi connectivity index (χ2v) is 6.50. The zero-order chi connectivity index (χ0) is 13.0. The molecule has 0 saturated carbocycles. The molecule has 0 spiro atoms. The van der Waals surface area contributed by atoms with Gasteiger partial charge in [0.15, 0.2) is 0 Å². The van der Waals surface area contributed by atoms with Crippen molar-refractivity contribution in [1.29, 1.82) is 0 Å². The summed E-state index contributed by atoms with van der Waals surface area (Å²) in [6.45, 7) is 5.30. The van der Waals surface area contributed by atoms with E-state index in [4.69, 9.17) is 10.5 Å². The minimum absolute atomic E-state index is 0.431. The molecule has 1 saturated heterocycles. The topological polar surface area (TPSA) is 66.0 Å². The Morgan fingerprint density at radius 2 is 2.22 bits per heavy atom. The lowest BCUT2D eigenvalue weighted by Gasteiger charge is -2.21. The highest BCUT2D eigenvalue weighted by atomic mass is 32.2. The average molecular weight is 270 g/mol. The second-order valence-electron chi connectivity index (χ2n) is 5.27. The third-order valence-electron chi connectivity index (χ3n) is 3.04. The van der Waals surface area contributed by atoms with Crippen molar-refractivity contribution in [1.82, 2.24) is 15.0 Å². The molecule has 1 aromatic rings. The summed E-state index contributed by atoms with van der Waals surface area (Å²) < 4.78 is 7.66. The molecule has 0 bridgehead atoms. The SMILES string of the molecule is CC(C)(N)c1cn(CCOC2CCSCC2)nn1. The summed E-state index contributed by atoms with van der Waals surface area (Å²) in [6.07, 6.45) is 4.67. The summed E-state index contributed by atoms with van der Waals surface area (Å²) >= 11 is 2.01. The van der Waals surface area contributed by atoms with Crippen LogP contribution >= 0.6 is 11.8 Å². The lowest BCUT2D eigenvalue weighted by molar-refractivity contribution is 0.0413. The molecule has 0 atom stereocenters. The van der Waals surface area contributed by atoms with Crippen LogP contribution in [0.2, 0.25) is 0 Å². The normalized spacial score (nSPS) is 18.2. The zero-order valence-corrected chi connectivity index (χ0v) is 11.9. The first kappa shape index (κ1) is 13.8.